The van der Waals surface area contributed by atoms with Gasteiger partial charge in [0.15, 0.2) is 5.78 Å². The van der Waals surface area contributed by atoms with Gasteiger partial charge in [0, 0.05) is 11.8 Å². The Bertz CT molecular complexity index is 1030. The van der Waals surface area contributed by atoms with Crippen LogP contribution in [0.25, 0.3) is 0 Å². The monoisotopic (exact) mass is 449 g/mol. The Morgan fingerprint density at radius 2 is 1.55 bits per heavy atom. The van der Waals surface area contributed by atoms with E-state index in [1.165, 1.54) is 0 Å². The van der Waals surface area contributed by atoms with Crippen molar-refractivity contribution in [2.24, 2.45) is 5.92 Å². The highest BCUT2D eigenvalue weighted by Gasteiger charge is 2.28. The Labute approximate surface area is 193 Å². The number of carbonyl (C=O) groups is 2. The smallest absolute Gasteiger partial charge is 0.404 e. The molecule has 3 aromatic rings. The average Bonchev–Trinajstić information content (AvgIpc) is 3.29. The molecule has 0 bridgehead atoms. The van der Waals surface area contributed by atoms with Gasteiger partial charge < -0.3 is 20.5 Å². The number of carboxylic acid groups (broad SMARTS) is 1. The number of ketones is 1. The first kappa shape index (κ1) is 24.2. The summed E-state index contributed by atoms with van der Waals surface area (Å²) in [5.41, 5.74) is 2.43. The van der Waals surface area contributed by atoms with E-state index in [9.17, 15) is 19.8 Å². The van der Waals surface area contributed by atoms with Crippen LogP contribution in [0.3, 0.4) is 0 Å². The van der Waals surface area contributed by atoms with Crippen LogP contribution in [0.1, 0.15) is 53.6 Å². The number of imidazole rings is 1. The third-order valence-corrected chi connectivity index (χ3v) is 5.69. The number of nitrogens with zero attached hydrogens (tertiary/aromatic N) is 1. The number of benzene rings is 2. The van der Waals surface area contributed by atoms with Gasteiger partial charge >= 0.3 is 6.09 Å². The van der Waals surface area contributed by atoms with Crippen molar-refractivity contribution in [1.82, 2.24) is 15.3 Å². The maximum atomic E-state index is 12.4. The van der Waals surface area contributed by atoms with Crippen molar-refractivity contribution in [3.63, 3.8) is 0 Å². The number of hydrogen-bond acceptors (Lipinski definition) is 4. The number of aliphatic hydroxyl groups excluding tert-OH is 1. The number of rotatable bonds is 11. The van der Waals surface area contributed by atoms with Crippen molar-refractivity contribution in [3.8, 4) is 0 Å². The van der Waals surface area contributed by atoms with Gasteiger partial charge in [0.1, 0.15) is 11.5 Å². The van der Waals surface area contributed by atoms with Crippen molar-refractivity contribution in [2.75, 3.05) is 0 Å². The summed E-state index contributed by atoms with van der Waals surface area (Å²) in [6.07, 6.45) is 0.629. The molecule has 0 radical (unpaired) electrons. The number of amides is 1. The number of nitrogens with one attached hydrogen (secondary N) is 2. The zero-order valence-corrected chi connectivity index (χ0v) is 18.9. The molecule has 0 saturated heterocycles. The van der Waals surface area contributed by atoms with Gasteiger partial charge in [-0.2, -0.15) is 0 Å². The third kappa shape index (κ3) is 7.02. The molecule has 0 fully saturated rings. The number of hydrogen-bond donors (Lipinski definition) is 4. The molecule has 3 rings (SSSR count). The first-order valence-corrected chi connectivity index (χ1v) is 11.2. The zero-order valence-electron chi connectivity index (χ0n) is 18.9. The second-order valence-corrected chi connectivity index (χ2v) is 8.64. The molecule has 1 heterocycles. The van der Waals surface area contributed by atoms with Gasteiger partial charge in [0.2, 0.25) is 0 Å². The summed E-state index contributed by atoms with van der Waals surface area (Å²) >= 11 is 0. The van der Waals surface area contributed by atoms with Gasteiger partial charge in [-0.1, -0.05) is 74.5 Å². The minimum atomic E-state index is -1.18. The first-order chi connectivity index (χ1) is 15.8. The molecule has 0 aliphatic rings. The summed E-state index contributed by atoms with van der Waals surface area (Å²) in [4.78, 5) is 31.4. The van der Waals surface area contributed by atoms with E-state index < -0.39 is 18.2 Å². The zero-order chi connectivity index (χ0) is 23.8. The molecule has 0 spiro atoms. The summed E-state index contributed by atoms with van der Waals surface area (Å²) in [5.74, 6) is 0.189. The summed E-state index contributed by atoms with van der Waals surface area (Å²) in [6, 6.07) is 18.6. The summed E-state index contributed by atoms with van der Waals surface area (Å²) in [5, 5.41) is 22.9. The molecular formula is C26H31N3O4. The van der Waals surface area contributed by atoms with Crippen LogP contribution in [-0.4, -0.2) is 44.2 Å². The fourth-order valence-corrected chi connectivity index (χ4v) is 3.94. The summed E-state index contributed by atoms with van der Waals surface area (Å²) < 4.78 is 0. The van der Waals surface area contributed by atoms with Crippen molar-refractivity contribution < 1.29 is 19.8 Å². The van der Waals surface area contributed by atoms with Crippen LogP contribution in [0.2, 0.25) is 0 Å². The van der Waals surface area contributed by atoms with Crippen LogP contribution < -0.4 is 5.32 Å². The van der Waals surface area contributed by atoms with Crippen molar-refractivity contribution in [1.29, 1.82) is 0 Å². The van der Waals surface area contributed by atoms with Crippen molar-refractivity contribution >= 4 is 11.9 Å². The molecule has 0 unspecified atom stereocenters. The number of aromatic nitrogens is 2. The summed E-state index contributed by atoms with van der Waals surface area (Å²) in [7, 11) is 0. The lowest BCUT2D eigenvalue weighted by Crippen LogP contribution is -2.45. The molecule has 0 aliphatic heterocycles. The molecule has 2 aromatic carbocycles. The summed E-state index contributed by atoms with van der Waals surface area (Å²) in [6.45, 7) is 3.67. The van der Waals surface area contributed by atoms with Crippen molar-refractivity contribution in [2.45, 2.75) is 51.2 Å². The normalized spacial score (nSPS) is 13.9. The standard InChI is InChI=1S/C26H31N3O4/c1-17(2)24(31)22-16-27-25(28-22)20(13-18-9-5-3-6-10-18)15-23(30)21(29-26(32)33)14-19-11-7-4-8-12-19/h3-12,16-17,20-21,23,29-30H,13-15H2,1-2H3,(H,27,28)(H,32,33)/t20-,21+,23+/m1/s1. The van der Waals surface area contributed by atoms with Gasteiger partial charge in [-0.05, 0) is 30.4 Å². The fourth-order valence-electron chi connectivity index (χ4n) is 3.94. The predicted molar refractivity (Wildman–Crippen MR) is 126 cm³/mol. The van der Waals surface area contributed by atoms with Crippen LogP contribution in [0.5, 0.6) is 0 Å². The van der Waals surface area contributed by atoms with Crippen LogP contribution in [0.4, 0.5) is 4.79 Å². The number of H-pyrrole nitrogens is 1. The van der Waals surface area contributed by atoms with Gasteiger partial charge in [0.25, 0.3) is 0 Å². The number of aromatic amines is 1. The van der Waals surface area contributed by atoms with E-state index in [2.05, 4.69) is 15.3 Å². The fraction of sp³-hybridized carbons (Fsp3) is 0.346. The molecule has 7 nitrogen and oxygen atoms in total. The average molecular weight is 450 g/mol. The molecule has 1 amide bonds. The topological polar surface area (TPSA) is 115 Å². The minimum absolute atomic E-state index is 0.0257. The Kier molecular flexibility index (Phi) is 8.38. The second kappa shape index (κ2) is 11.4. The number of aliphatic hydroxyl groups is 1. The highest BCUT2D eigenvalue weighted by atomic mass is 16.4. The van der Waals surface area contributed by atoms with Gasteiger partial charge in [-0.25, -0.2) is 9.78 Å². The van der Waals surface area contributed by atoms with E-state index in [-0.39, 0.29) is 24.0 Å². The molecule has 4 N–H and O–H groups in total. The maximum Gasteiger partial charge on any atom is 0.404 e. The molecule has 1 aromatic heterocycles. The quantitative estimate of drug-likeness (QED) is 0.328. The van der Waals surface area contributed by atoms with E-state index in [0.29, 0.717) is 24.4 Å². The molecule has 33 heavy (non-hydrogen) atoms. The van der Waals surface area contributed by atoms with Gasteiger partial charge in [0.05, 0.1) is 18.3 Å². The van der Waals surface area contributed by atoms with Crippen LogP contribution in [-0.2, 0) is 12.8 Å². The lowest BCUT2D eigenvalue weighted by atomic mass is 9.89. The number of carbonyl (C=O) groups excluding carboxylic acids is 1. The molecule has 3 atom stereocenters. The minimum Gasteiger partial charge on any atom is -0.465 e. The Balaban J connectivity index is 1.84. The maximum absolute atomic E-state index is 12.4. The Morgan fingerprint density at radius 1 is 0.970 bits per heavy atom. The Morgan fingerprint density at radius 3 is 2.09 bits per heavy atom. The molecule has 0 saturated carbocycles. The molecular weight excluding hydrogens is 418 g/mol. The molecule has 0 aliphatic carbocycles. The van der Waals surface area contributed by atoms with E-state index >= 15 is 0 Å². The van der Waals surface area contributed by atoms with E-state index in [1.807, 2.05) is 74.5 Å². The van der Waals surface area contributed by atoms with Crippen LogP contribution in [0, 0.1) is 5.92 Å². The van der Waals surface area contributed by atoms with E-state index in [4.69, 9.17) is 0 Å². The molecule has 174 valence electrons. The highest BCUT2D eigenvalue weighted by Crippen LogP contribution is 2.26. The van der Waals surface area contributed by atoms with Crippen molar-refractivity contribution in [3.05, 3.63) is 89.5 Å². The lowest BCUT2D eigenvalue weighted by Gasteiger charge is -2.26. The van der Waals surface area contributed by atoms with Crippen LogP contribution >= 0.6 is 0 Å². The van der Waals surface area contributed by atoms with Gasteiger partial charge in [-0.3, -0.25) is 4.79 Å². The highest BCUT2D eigenvalue weighted by molar-refractivity contribution is 5.95. The third-order valence-electron chi connectivity index (χ3n) is 5.69. The van der Waals surface area contributed by atoms with Gasteiger partial charge in [-0.15, -0.1) is 0 Å². The van der Waals surface area contributed by atoms with E-state index in [0.717, 1.165) is 11.1 Å². The largest absolute Gasteiger partial charge is 0.465 e. The second-order valence-electron chi connectivity index (χ2n) is 8.64. The van der Waals surface area contributed by atoms with Crippen LogP contribution in [0.15, 0.2) is 66.9 Å². The number of Topliss-reactive ketones (excluding diaryl/α,β-unsaturated/α-hetero) is 1. The predicted octanol–water partition coefficient (Wildman–Crippen LogP) is 4.20. The Hall–Kier alpha value is -3.45. The van der Waals surface area contributed by atoms with E-state index in [1.54, 1.807) is 6.20 Å². The first-order valence-electron chi connectivity index (χ1n) is 11.2. The SMILES string of the molecule is CC(C)C(=O)c1cnc([C@H](Cc2ccccc2)C[C@H](O)[C@H](Cc2ccccc2)NC(=O)O)[nH]1. The molecule has 7 heteroatoms. The lowest BCUT2D eigenvalue weighted by molar-refractivity contribution is 0.0934.